The molecule has 0 amide bonds. The minimum Gasteiger partial charge on any atom is -0.491 e. The van der Waals surface area contributed by atoms with Crippen molar-refractivity contribution in [3.05, 3.63) is 65.4 Å². The summed E-state index contributed by atoms with van der Waals surface area (Å²) >= 11 is 0. The first kappa shape index (κ1) is 22.6. The van der Waals surface area contributed by atoms with Gasteiger partial charge in [0, 0.05) is 31.2 Å². The zero-order valence-corrected chi connectivity index (χ0v) is 19.0. The second kappa shape index (κ2) is 10.8. The maximum absolute atomic E-state index is 13.0. The molecule has 2 aromatic rings. The van der Waals surface area contributed by atoms with Crippen molar-refractivity contribution in [3.8, 4) is 11.4 Å². The van der Waals surface area contributed by atoms with E-state index in [1.807, 2.05) is 50.5 Å². The van der Waals surface area contributed by atoms with Gasteiger partial charge in [-0.2, -0.15) is 0 Å². The Bertz CT molecular complexity index is 981. The molecule has 0 radical (unpaired) electrons. The van der Waals surface area contributed by atoms with E-state index in [-0.39, 0.29) is 17.9 Å². The van der Waals surface area contributed by atoms with E-state index >= 15 is 0 Å². The molecular weight excluding hydrogens is 406 g/mol. The molecule has 0 spiro atoms. The summed E-state index contributed by atoms with van der Waals surface area (Å²) < 4.78 is 20.8. The van der Waals surface area contributed by atoms with E-state index < -0.39 is 0 Å². The summed E-state index contributed by atoms with van der Waals surface area (Å²) in [6.45, 7) is 2.97. The van der Waals surface area contributed by atoms with Gasteiger partial charge in [-0.05, 0) is 70.1 Å². The van der Waals surface area contributed by atoms with Crippen molar-refractivity contribution in [2.24, 2.45) is 0 Å². The smallest absolute Gasteiger partial charge is 0.337 e. The van der Waals surface area contributed by atoms with Crippen molar-refractivity contribution in [2.75, 3.05) is 40.5 Å². The second-order valence-corrected chi connectivity index (χ2v) is 8.55. The van der Waals surface area contributed by atoms with Crippen LogP contribution in [0.3, 0.4) is 0 Å². The molecule has 1 fully saturated rings. The molecule has 0 saturated carbocycles. The van der Waals surface area contributed by atoms with E-state index in [4.69, 9.17) is 14.2 Å². The van der Waals surface area contributed by atoms with E-state index in [1.165, 1.54) is 6.42 Å². The lowest BCUT2D eigenvalue weighted by Crippen LogP contribution is -2.25. The van der Waals surface area contributed by atoms with Crippen LogP contribution in [0.1, 0.15) is 25.7 Å². The van der Waals surface area contributed by atoms with Gasteiger partial charge in [-0.15, -0.1) is 0 Å². The van der Waals surface area contributed by atoms with Crippen LogP contribution in [0.5, 0.6) is 5.75 Å². The average molecular weight is 440 g/mol. The first-order valence-corrected chi connectivity index (χ1v) is 11.4. The molecule has 7 heteroatoms. The molecule has 2 heterocycles. The summed E-state index contributed by atoms with van der Waals surface area (Å²) in [5.41, 5.74) is 1.58. The Hall–Kier alpha value is -2.61. The summed E-state index contributed by atoms with van der Waals surface area (Å²) in [5, 5.41) is 0. The Morgan fingerprint density at radius 3 is 2.62 bits per heavy atom. The van der Waals surface area contributed by atoms with Gasteiger partial charge in [0.15, 0.2) is 0 Å². The first-order valence-electron chi connectivity index (χ1n) is 11.4. The van der Waals surface area contributed by atoms with Crippen LogP contribution < -0.4 is 10.4 Å². The van der Waals surface area contributed by atoms with Gasteiger partial charge in [0.25, 0.3) is 0 Å². The van der Waals surface area contributed by atoms with Crippen molar-refractivity contribution in [2.45, 2.75) is 37.9 Å². The third-order valence-corrected chi connectivity index (χ3v) is 5.79. The minimum absolute atomic E-state index is 0.0584. The highest BCUT2D eigenvalue weighted by Gasteiger charge is 2.15. The normalized spacial score (nSPS) is 21.0. The fourth-order valence-corrected chi connectivity index (χ4v) is 3.88. The van der Waals surface area contributed by atoms with E-state index in [0.29, 0.717) is 13.2 Å². The van der Waals surface area contributed by atoms with Crippen LogP contribution in [0.25, 0.3) is 11.4 Å². The van der Waals surface area contributed by atoms with Crippen LogP contribution >= 0.6 is 0 Å². The first-order chi connectivity index (χ1) is 15.6. The topological polar surface area (TPSA) is 57.9 Å². The molecular formula is C25H33N3O4. The summed E-state index contributed by atoms with van der Waals surface area (Å²) in [6, 6.07) is 7.61. The highest BCUT2D eigenvalue weighted by molar-refractivity contribution is 5.59. The number of allylic oxidation sites excluding steroid dienone is 2. The maximum Gasteiger partial charge on any atom is 0.337 e. The monoisotopic (exact) mass is 439 g/mol. The predicted octanol–water partition coefficient (Wildman–Crippen LogP) is 3.33. The van der Waals surface area contributed by atoms with Crippen LogP contribution in [-0.2, 0) is 9.47 Å². The highest BCUT2D eigenvalue weighted by Crippen LogP contribution is 2.19. The molecule has 1 aromatic carbocycles. The van der Waals surface area contributed by atoms with Gasteiger partial charge in [0.1, 0.15) is 12.4 Å². The number of nitrogens with zero attached hydrogens (tertiary/aromatic N) is 3. The highest BCUT2D eigenvalue weighted by atomic mass is 16.5. The number of hydrogen-bond acceptors (Lipinski definition) is 5. The van der Waals surface area contributed by atoms with Gasteiger partial charge in [-0.3, -0.25) is 9.13 Å². The lowest BCUT2D eigenvalue weighted by Gasteiger charge is -2.22. The molecule has 1 aromatic heterocycles. The molecule has 0 bridgehead atoms. The number of imidazole rings is 1. The maximum atomic E-state index is 13.0. The third kappa shape index (κ3) is 5.79. The second-order valence-electron chi connectivity index (χ2n) is 8.55. The van der Waals surface area contributed by atoms with Gasteiger partial charge in [0.05, 0.1) is 24.5 Å². The number of rotatable bonds is 9. The van der Waals surface area contributed by atoms with Crippen molar-refractivity contribution in [1.29, 1.82) is 0 Å². The average Bonchev–Trinajstić information content (AvgIpc) is 3.20. The lowest BCUT2D eigenvalue weighted by molar-refractivity contribution is -0.0110. The molecule has 32 heavy (non-hydrogen) atoms. The number of ether oxygens (including phenoxy) is 3. The van der Waals surface area contributed by atoms with Crippen molar-refractivity contribution in [1.82, 2.24) is 14.0 Å². The Kier molecular flexibility index (Phi) is 7.63. The summed E-state index contributed by atoms with van der Waals surface area (Å²) in [5.74, 6) is 0.786. The Morgan fingerprint density at radius 1 is 1.12 bits per heavy atom. The van der Waals surface area contributed by atoms with Crippen molar-refractivity contribution in [3.63, 3.8) is 0 Å². The number of hydrogen-bond donors (Lipinski definition) is 0. The van der Waals surface area contributed by atoms with Crippen molar-refractivity contribution < 1.29 is 14.2 Å². The van der Waals surface area contributed by atoms with Gasteiger partial charge < -0.3 is 19.1 Å². The van der Waals surface area contributed by atoms with Crippen LogP contribution in [0.2, 0.25) is 0 Å². The Morgan fingerprint density at radius 2 is 1.94 bits per heavy atom. The molecule has 2 aliphatic rings. The van der Waals surface area contributed by atoms with Gasteiger partial charge in [0.2, 0.25) is 0 Å². The molecule has 1 aliphatic heterocycles. The standard InChI is InChI=1S/C25H33N3O4/c1-26(2)16-18-31-22-10-6-20(7-11-22)27-14-15-28(25(27)29)21-8-12-23(13-9-21)32-19-24-5-3-4-17-30-24/h6-10,12-15,22,24H,3-5,11,16-19H2,1-2H3. The fraction of sp³-hybridized carbons (Fsp3) is 0.480. The van der Waals surface area contributed by atoms with Crippen LogP contribution in [0.15, 0.2) is 59.7 Å². The molecule has 172 valence electrons. The minimum atomic E-state index is -0.0999. The summed E-state index contributed by atoms with van der Waals surface area (Å²) in [4.78, 5) is 15.1. The Balaban J connectivity index is 1.35. The van der Waals surface area contributed by atoms with E-state index in [9.17, 15) is 4.79 Å². The zero-order chi connectivity index (χ0) is 22.3. The van der Waals surface area contributed by atoms with E-state index in [2.05, 4.69) is 11.0 Å². The largest absolute Gasteiger partial charge is 0.491 e. The van der Waals surface area contributed by atoms with Crippen molar-refractivity contribution >= 4 is 5.70 Å². The number of aromatic nitrogens is 2. The summed E-state index contributed by atoms with van der Waals surface area (Å²) in [6.07, 6.45) is 14.0. The number of likely N-dealkylation sites (N-methyl/N-ethyl adjacent to an activating group) is 1. The van der Waals surface area contributed by atoms with Gasteiger partial charge in [-0.1, -0.05) is 12.2 Å². The molecule has 2 atom stereocenters. The predicted molar refractivity (Wildman–Crippen MR) is 125 cm³/mol. The fourth-order valence-electron chi connectivity index (χ4n) is 3.88. The molecule has 1 saturated heterocycles. The van der Waals surface area contributed by atoms with Crippen LogP contribution in [-0.4, -0.2) is 66.7 Å². The molecule has 0 N–H and O–H groups in total. The molecule has 2 unspecified atom stereocenters. The van der Waals surface area contributed by atoms with E-state index in [1.54, 1.807) is 21.5 Å². The molecule has 7 nitrogen and oxygen atoms in total. The summed E-state index contributed by atoms with van der Waals surface area (Å²) in [7, 11) is 4.06. The lowest BCUT2D eigenvalue weighted by atomic mass is 10.1. The van der Waals surface area contributed by atoms with Gasteiger partial charge in [-0.25, -0.2) is 4.79 Å². The zero-order valence-electron chi connectivity index (χ0n) is 19.0. The van der Waals surface area contributed by atoms with Gasteiger partial charge >= 0.3 is 5.69 Å². The Labute approximate surface area is 189 Å². The quantitative estimate of drug-likeness (QED) is 0.600. The molecule has 4 rings (SSSR count). The third-order valence-electron chi connectivity index (χ3n) is 5.79. The molecule has 1 aliphatic carbocycles. The number of benzene rings is 1. The van der Waals surface area contributed by atoms with Crippen LogP contribution in [0.4, 0.5) is 0 Å². The van der Waals surface area contributed by atoms with Crippen LogP contribution in [0, 0.1) is 0 Å². The van der Waals surface area contributed by atoms with E-state index in [0.717, 1.165) is 49.5 Å². The SMILES string of the molecule is CN(C)CCOC1C=CC(n2ccn(-c3ccc(OCC4CCCCO4)cc3)c2=O)=CC1.